The summed E-state index contributed by atoms with van der Waals surface area (Å²) in [6.07, 6.45) is 9.95. The van der Waals surface area contributed by atoms with Crippen LogP contribution in [0.2, 0.25) is 0 Å². The quantitative estimate of drug-likeness (QED) is 0.563. The minimum Gasteiger partial charge on any atom is -0.300 e. The molecule has 3 heteroatoms. The molecule has 0 fully saturated rings. The number of nitrogens with two attached hydrogens (primary N) is 1. The molecule has 60 valence electrons. The Labute approximate surface area is 74.5 Å². The van der Waals surface area contributed by atoms with Crippen LogP contribution in [-0.2, 0) is 4.84 Å². The lowest BCUT2D eigenvalue weighted by Gasteiger charge is -2.06. The molecule has 0 aliphatic heterocycles. The van der Waals surface area contributed by atoms with Crippen LogP contribution >= 0.6 is 15.9 Å². The Morgan fingerprint density at radius 3 is 3.00 bits per heavy atom. The first-order valence-corrected chi connectivity index (χ1v) is 4.26. The zero-order chi connectivity index (χ0) is 8.10. The molecule has 1 atom stereocenters. The van der Waals surface area contributed by atoms with Gasteiger partial charge in [0, 0.05) is 0 Å². The zero-order valence-electron chi connectivity index (χ0n) is 6.03. The van der Waals surface area contributed by atoms with Crippen molar-refractivity contribution in [2.75, 3.05) is 6.61 Å². The maximum atomic E-state index is 4.96. The summed E-state index contributed by atoms with van der Waals surface area (Å²) >= 11 is 3.48. The fourth-order valence-electron chi connectivity index (χ4n) is 0.844. The van der Waals surface area contributed by atoms with Gasteiger partial charge in [-0.25, -0.2) is 5.90 Å². The lowest BCUT2D eigenvalue weighted by molar-refractivity contribution is 0.160. The summed E-state index contributed by atoms with van der Waals surface area (Å²) < 4.78 is 0. The van der Waals surface area contributed by atoms with E-state index in [2.05, 4.69) is 20.8 Å². The van der Waals surface area contributed by atoms with E-state index >= 15 is 0 Å². The molecular formula is C8H10BrNO. The lowest BCUT2D eigenvalue weighted by atomic mass is 10.2. The molecule has 0 aromatic heterocycles. The molecule has 1 aliphatic rings. The van der Waals surface area contributed by atoms with E-state index in [1.165, 1.54) is 0 Å². The van der Waals surface area contributed by atoms with Crippen molar-refractivity contribution in [3.8, 4) is 0 Å². The third-order valence-electron chi connectivity index (χ3n) is 1.42. The highest BCUT2D eigenvalue weighted by Gasteiger charge is 2.06. The molecule has 11 heavy (non-hydrogen) atoms. The molecule has 0 aromatic carbocycles. The first-order valence-electron chi connectivity index (χ1n) is 3.34. The molecule has 0 heterocycles. The molecular weight excluding hydrogens is 206 g/mol. The highest BCUT2D eigenvalue weighted by atomic mass is 79.9. The lowest BCUT2D eigenvalue weighted by Crippen LogP contribution is -2.09. The minimum atomic E-state index is 0.237. The maximum absolute atomic E-state index is 4.96. The van der Waals surface area contributed by atoms with Gasteiger partial charge in [-0.15, -0.1) is 0 Å². The van der Waals surface area contributed by atoms with Crippen LogP contribution in [0.15, 0.2) is 36.0 Å². The van der Waals surface area contributed by atoms with E-state index in [9.17, 15) is 0 Å². The van der Waals surface area contributed by atoms with Gasteiger partial charge in [0.2, 0.25) is 0 Å². The predicted molar refractivity (Wildman–Crippen MR) is 49.2 cm³/mol. The molecule has 0 radical (unpaired) electrons. The van der Waals surface area contributed by atoms with Gasteiger partial charge in [-0.05, 0) is 5.57 Å². The van der Waals surface area contributed by atoms with Crippen molar-refractivity contribution < 1.29 is 4.84 Å². The van der Waals surface area contributed by atoms with Crippen molar-refractivity contribution >= 4 is 15.9 Å². The molecule has 0 bridgehead atoms. The molecule has 0 amide bonds. The number of alkyl halides is 1. The van der Waals surface area contributed by atoms with Crippen molar-refractivity contribution in [3.05, 3.63) is 36.0 Å². The molecule has 2 N–H and O–H groups in total. The highest BCUT2D eigenvalue weighted by molar-refractivity contribution is 9.09. The van der Waals surface area contributed by atoms with Gasteiger partial charge in [0.15, 0.2) is 0 Å². The predicted octanol–water partition coefficient (Wildman–Crippen LogP) is 1.69. The van der Waals surface area contributed by atoms with E-state index in [-0.39, 0.29) is 4.83 Å². The second kappa shape index (κ2) is 4.49. The van der Waals surface area contributed by atoms with E-state index in [4.69, 9.17) is 5.90 Å². The second-order valence-corrected chi connectivity index (χ2v) is 3.21. The van der Waals surface area contributed by atoms with Crippen molar-refractivity contribution in [2.45, 2.75) is 4.83 Å². The average Bonchev–Trinajstić information content (AvgIpc) is 2.18. The summed E-state index contributed by atoms with van der Waals surface area (Å²) in [4.78, 5) is 4.78. The Bertz CT molecular complexity index is 208. The number of halogens is 1. The maximum Gasteiger partial charge on any atom is 0.0907 e. The van der Waals surface area contributed by atoms with Gasteiger partial charge < -0.3 is 4.84 Å². The highest BCUT2D eigenvalue weighted by Crippen LogP contribution is 2.16. The fourth-order valence-corrected chi connectivity index (χ4v) is 1.31. The number of hydrogen-bond donors (Lipinski definition) is 1. The smallest absolute Gasteiger partial charge is 0.0907 e. The Balaban J connectivity index is 2.66. The van der Waals surface area contributed by atoms with Gasteiger partial charge in [0.25, 0.3) is 0 Å². The van der Waals surface area contributed by atoms with Crippen molar-refractivity contribution in [1.82, 2.24) is 0 Å². The molecule has 0 saturated heterocycles. The molecule has 2 nitrogen and oxygen atoms in total. The van der Waals surface area contributed by atoms with Gasteiger partial charge in [-0.2, -0.15) is 0 Å². The van der Waals surface area contributed by atoms with Crippen LogP contribution < -0.4 is 5.90 Å². The van der Waals surface area contributed by atoms with E-state index in [0.29, 0.717) is 6.61 Å². The van der Waals surface area contributed by atoms with Gasteiger partial charge in [0.05, 0.1) is 11.4 Å². The summed E-state index contributed by atoms with van der Waals surface area (Å²) in [6, 6.07) is 0. The Kier molecular flexibility index (Phi) is 3.56. The molecule has 1 rings (SSSR count). The van der Waals surface area contributed by atoms with E-state index < -0.39 is 0 Å². The van der Waals surface area contributed by atoms with Crippen LogP contribution in [-0.4, -0.2) is 11.4 Å². The van der Waals surface area contributed by atoms with E-state index in [1.54, 1.807) is 0 Å². The zero-order valence-corrected chi connectivity index (χ0v) is 7.62. The molecule has 0 saturated carbocycles. The number of hydrogen-bond acceptors (Lipinski definition) is 2. The summed E-state index contributed by atoms with van der Waals surface area (Å²) in [5.74, 6) is 4.96. The first kappa shape index (κ1) is 8.71. The Hall–Kier alpha value is -0.380. The molecule has 1 unspecified atom stereocenters. The fraction of sp³-hybridized carbons (Fsp3) is 0.250. The summed E-state index contributed by atoms with van der Waals surface area (Å²) in [5, 5.41) is 0. The van der Waals surface area contributed by atoms with Crippen LogP contribution in [0, 0.1) is 0 Å². The van der Waals surface area contributed by atoms with Gasteiger partial charge in [-0.3, -0.25) is 0 Å². The standard InChI is InChI=1S/C8H10BrNO/c9-8-5-3-1-2-4-7(8)6-11-10/h1-5,8H,6,10H2. The van der Waals surface area contributed by atoms with Gasteiger partial charge in [-0.1, -0.05) is 46.3 Å². The number of allylic oxidation sites excluding steroid dienone is 5. The minimum absolute atomic E-state index is 0.237. The molecule has 1 aliphatic carbocycles. The van der Waals surface area contributed by atoms with Crippen LogP contribution in [0.4, 0.5) is 0 Å². The van der Waals surface area contributed by atoms with Crippen molar-refractivity contribution in [3.63, 3.8) is 0 Å². The number of rotatable bonds is 2. The van der Waals surface area contributed by atoms with Crippen molar-refractivity contribution in [1.29, 1.82) is 0 Å². The third kappa shape index (κ3) is 2.61. The largest absolute Gasteiger partial charge is 0.300 e. The first-order chi connectivity index (χ1) is 5.34. The van der Waals surface area contributed by atoms with Crippen molar-refractivity contribution in [2.24, 2.45) is 5.90 Å². The Morgan fingerprint density at radius 2 is 2.27 bits per heavy atom. The summed E-state index contributed by atoms with van der Waals surface area (Å²) in [5.41, 5.74) is 1.12. The monoisotopic (exact) mass is 215 g/mol. The normalized spacial score (nSPS) is 23.1. The van der Waals surface area contributed by atoms with Gasteiger partial charge in [0.1, 0.15) is 0 Å². The summed E-state index contributed by atoms with van der Waals surface area (Å²) in [6.45, 7) is 0.463. The second-order valence-electron chi connectivity index (χ2n) is 2.22. The SMILES string of the molecule is NOCC1=CC=CC=CC1Br. The van der Waals surface area contributed by atoms with Crippen LogP contribution in [0.3, 0.4) is 0 Å². The van der Waals surface area contributed by atoms with E-state index in [1.807, 2.05) is 30.4 Å². The molecule has 0 spiro atoms. The van der Waals surface area contributed by atoms with Crippen LogP contribution in [0.5, 0.6) is 0 Å². The Morgan fingerprint density at radius 1 is 1.45 bits per heavy atom. The average molecular weight is 216 g/mol. The van der Waals surface area contributed by atoms with Crippen LogP contribution in [0.1, 0.15) is 0 Å². The molecule has 0 aromatic rings. The van der Waals surface area contributed by atoms with E-state index in [0.717, 1.165) is 5.57 Å². The topological polar surface area (TPSA) is 35.2 Å². The summed E-state index contributed by atoms with van der Waals surface area (Å²) in [7, 11) is 0. The van der Waals surface area contributed by atoms with Gasteiger partial charge >= 0.3 is 0 Å². The third-order valence-corrected chi connectivity index (χ3v) is 2.31. The van der Waals surface area contributed by atoms with Crippen LogP contribution in [0.25, 0.3) is 0 Å².